The van der Waals surface area contributed by atoms with Crippen LogP contribution >= 0.6 is 60.8 Å². The third kappa shape index (κ3) is 68.2. The Morgan fingerprint density at radius 2 is 0.262 bits per heavy atom. The van der Waals surface area contributed by atoms with Gasteiger partial charge in [-0.05, 0) is 0 Å². The normalized spacial score (nSPS) is 12.7. The van der Waals surface area contributed by atoms with Gasteiger partial charge in [-0.25, -0.2) is 0 Å². The van der Waals surface area contributed by atoms with Gasteiger partial charge in [0.25, 0.3) is 0 Å². The van der Waals surface area contributed by atoms with E-state index in [4.69, 9.17) is 0 Å². The molecule has 338 valence electrons. The van der Waals surface area contributed by atoms with Gasteiger partial charge in [0.1, 0.15) is 0 Å². The molecule has 0 aromatic carbocycles. The summed E-state index contributed by atoms with van der Waals surface area (Å²) in [6.07, 6.45) is -11.6. The molecule has 0 aliphatic heterocycles. The second kappa shape index (κ2) is 44.6. The van der Waals surface area contributed by atoms with Gasteiger partial charge in [-0.2, -0.15) is 0 Å². The molecule has 0 bridgehead atoms. The maximum Gasteiger partial charge on any atom is 1.00 e. The molecule has 0 aliphatic carbocycles. The number of nitrogens with zero attached hydrogens (tertiary/aromatic N) is 6. The fourth-order valence-electron chi connectivity index (χ4n) is 4.76. The Morgan fingerprint density at radius 1 is 0.185 bits per heavy atom. The van der Waals surface area contributed by atoms with Gasteiger partial charge in [-0.1, -0.05) is 60.8 Å². The predicted molar refractivity (Wildman–Crippen MR) is 159 cm³/mol. The minimum atomic E-state index is -5.52. The van der Waals surface area contributed by atoms with Crippen LogP contribution in [0.25, 0.3) is 0 Å². The first kappa shape index (κ1) is 97.2. The second-order valence-corrected chi connectivity index (χ2v) is 24.3. The van der Waals surface area contributed by atoms with E-state index in [-0.39, 0.29) is 266 Å². The molecule has 0 N–H and O–H groups in total. The van der Waals surface area contributed by atoms with E-state index in [2.05, 4.69) is 0 Å². The largest absolute Gasteiger partial charge is 1.00 e. The summed E-state index contributed by atoms with van der Waals surface area (Å²) < 4.78 is 91.0. The third-order valence-corrected chi connectivity index (χ3v) is 12.6. The summed E-state index contributed by atoms with van der Waals surface area (Å²) in [6, 6.07) is 0. The molecule has 0 heterocycles. The molecule has 0 aliphatic rings. The Balaban J connectivity index is -0.000000420. The molecule has 0 radical (unpaired) electrons. The van der Waals surface area contributed by atoms with E-state index in [0.717, 1.165) is 9.80 Å². The first-order valence-corrected chi connectivity index (χ1v) is 28.9. The van der Waals surface area contributed by atoms with Crippen LogP contribution in [-0.4, -0.2) is 145 Å². The van der Waals surface area contributed by atoms with Crippen molar-refractivity contribution in [2.75, 3.05) is 116 Å². The van der Waals surface area contributed by atoms with Gasteiger partial charge in [0.05, 0.1) is 0 Å². The number of hydrogen-bond acceptors (Lipinski definition) is 30. The van der Waals surface area contributed by atoms with E-state index in [0.29, 0.717) is 19.6 Å². The molecule has 65 heavy (non-hydrogen) atoms. The quantitative estimate of drug-likeness (QED) is 0.0459. The Morgan fingerprint density at radius 3 is 0.354 bits per heavy atom. The zero-order valence-electron chi connectivity index (χ0n) is 37.8. The standard InChI is InChI=1S/C18H52N6O24P8.9Na/c25-49(26,27)11-19(3-5-21(13-51(31,32)33)7-9-23(15-53(37,38)39)16-54(40,41)42)1-2-20(12-50(28,29)30)4-6-22(14-52(34,35)36)8-10-24(17-55(43,44)45)18-56(46,47)48;;;;;;;;;/h1-18H2,(H2,25,26,27)(H2,28,29,30)(H2,31,32,33)(H2,34,35,36)(H2,37,38,39)(H2,40,41,42)(H2,43,44,45)(H2,46,47,48);;;;;;;;;/q;9*+1/p-16. The molecule has 0 fully saturated rings. The van der Waals surface area contributed by atoms with Crippen molar-refractivity contribution in [3.63, 3.8) is 0 Å². The summed E-state index contributed by atoms with van der Waals surface area (Å²) in [6.45, 7) is -7.35. The molecular weight excluding hydrogens is 1140 g/mol. The van der Waals surface area contributed by atoms with Gasteiger partial charge in [-0.15, -0.1) is 0 Å². The summed E-state index contributed by atoms with van der Waals surface area (Å²) in [5.74, 6) is 0. The summed E-state index contributed by atoms with van der Waals surface area (Å²) in [4.78, 5) is 185. The molecule has 0 rings (SSSR count). The maximum absolute atomic E-state index is 11.6. The zero-order chi connectivity index (χ0) is 44.2. The molecule has 0 aromatic rings. The molecule has 0 saturated heterocycles. The van der Waals surface area contributed by atoms with Crippen molar-refractivity contribution in [2.45, 2.75) is 0 Å². The van der Waals surface area contributed by atoms with E-state index < -0.39 is 177 Å². The van der Waals surface area contributed by atoms with E-state index in [1.165, 1.54) is 0 Å². The Labute approximate surface area is 576 Å². The first-order chi connectivity index (χ1) is 24.7. The summed E-state index contributed by atoms with van der Waals surface area (Å²) in [7, 11) is -44.1. The van der Waals surface area contributed by atoms with E-state index in [1.54, 1.807) is 0 Å². The van der Waals surface area contributed by atoms with Crippen LogP contribution in [-0.2, 0) is 36.5 Å². The smallest absolute Gasteiger partial charge is 0.810 e. The average molecular weight is 1180 g/mol. The Bertz CT molecular complexity index is 1470. The first-order valence-electron chi connectivity index (χ1n) is 15.1. The van der Waals surface area contributed by atoms with Gasteiger partial charge in [0, 0.05) is 116 Å². The maximum atomic E-state index is 11.6. The van der Waals surface area contributed by atoms with Crippen LogP contribution in [0.15, 0.2) is 0 Å². The van der Waals surface area contributed by atoms with Crippen LogP contribution < -0.4 is 344 Å². The molecular formula is C18H36N6Na9O24P8-7. The summed E-state index contributed by atoms with van der Waals surface area (Å²) >= 11 is 0. The van der Waals surface area contributed by atoms with E-state index in [1.807, 2.05) is 0 Å². The van der Waals surface area contributed by atoms with Gasteiger partial charge < -0.3 is 115 Å². The van der Waals surface area contributed by atoms with Gasteiger partial charge in [-0.3, -0.25) is 29.4 Å². The molecule has 0 aromatic heterocycles. The van der Waals surface area contributed by atoms with Gasteiger partial charge in [0.2, 0.25) is 0 Å². The SMILES string of the molecule is O=P([O-])([O-])CN(CCN(CCN(CCN(CP(=O)([O-])[O-])CP(=O)([O-])[O-])CP(=O)([O-])[O-])CP(=O)([O-])[O-])CCN(CCN(CP(=O)([O-])[O-])CP(=O)([O-])[O-])CP(=O)([O-])[O-].[Na+].[Na+].[Na+].[Na+].[Na+].[Na+].[Na+].[Na+].[Na+]. The van der Waals surface area contributed by atoms with Crippen LogP contribution in [0, 0.1) is 0 Å². The topological polar surface area (TPSA) is 525 Å². The van der Waals surface area contributed by atoms with Crippen molar-refractivity contribution >= 4 is 60.8 Å². The molecule has 0 unspecified atom stereocenters. The van der Waals surface area contributed by atoms with Crippen molar-refractivity contribution in [1.29, 1.82) is 0 Å². The molecule has 0 spiro atoms. The summed E-state index contributed by atoms with van der Waals surface area (Å²) in [5.41, 5.74) is 0. The van der Waals surface area contributed by atoms with Crippen LogP contribution in [0.3, 0.4) is 0 Å². The molecule has 30 nitrogen and oxygen atoms in total. The second-order valence-electron chi connectivity index (χ2n) is 12.3. The van der Waals surface area contributed by atoms with Crippen molar-refractivity contribution in [1.82, 2.24) is 29.4 Å². The van der Waals surface area contributed by atoms with E-state index in [9.17, 15) is 115 Å². The minimum Gasteiger partial charge on any atom is -0.810 e. The molecule has 47 heteroatoms. The van der Waals surface area contributed by atoms with Crippen molar-refractivity contribution in [3.05, 3.63) is 0 Å². The Hall–Kier alpha value is 9.96. The minimum absolute atomic E-state index is 0. The number of rotatable bonds is 31. The number of hydrogen-bond donors (Lipinski definition) is 0. The van der Waals surface area contributed by atoms with Crippen molar-refractivity contribution in [2.24, 2.45) is 0 Å². The van der Waals surface area contributed by atoms with Crippen molar-refractivity contribution < 1.29 is 381 Å². The monoisotopic (exact) mass is 1170 g/mol. The summed E-state index contributed by atoms with van der Waals surface area (Å²) in [5, 5.41) is 0. The fourth-order valence-corrected chi connectivity index (χ4v) is 11.1. The van der Waals surface area contributed by atoms with Gasteiger partial charge >= 0.3 is 266 Å². The fraction of sp³-hybridized carbons (Fsp3) is 1.00. The third-order valence-electron chi connectivity index (χ3n) is 6.65. The predicted octanol–water partition coefficient (Wildman–Crippen LogP) is -41.2. The van der Waals surface area contributed by atoms with Gasteiger partial charge in [0.15, 0.2) is 0 Å². The average Bonchev–Trinajstić information content (AvgIpc) is 2.87. The molecule has 0 saturated carbocycles. The zero-order valence-corrected chi connectivity index (χ0v) is 62.9. The van der Waals surface area contributed by atoms with Crippen LogP contribution in [0.4, 0.5) is 0 Å². The molecule has 0 amide bonds. The van der Waals surface area contributed by atoms with Crippen LogP contribution in [0.1, 0.15) is 0 Å². The van der Waals surface area contributed by atoms with Crippen molar-refractivity contribution in [3.8, 4) is 0 Å². The molecule has 0 atom stereocenters. The van der Waals surface area contributed by atoms with Crippen LogP contribution in [0.5, 0.6) is 0 Å². The van der Waals surface area contributed by atoms with E-state index >= 15 is 0 Å². The Kier molecular flexibility index (Phi) is 66.7. The van der Waals surface area contributed by atoms with Crippen LogP contribution in [0.2, 0.25) is 0 Å².